The van der Waals surface area contributed by atoms with Gasteiger partial charge in [-0.3, -0.25) is 0 Å². The van der Waals surface area contributed by atoms with Gasteiger partial charge in [-0.25, -0.2) is 0 Å². The van der Waals surface area contributed by atoms with Gasteiger partial charge in [-0.15, -0.1) is 0 Å². The zero-order chi connectivity index (χ0) is 21.4. The van der Waals surface area contributed by atoms with Crippen LogP contribution in [0.5, 0.6) is 0 Å². The Labute approximate surface area is 176 Å². The molecule has 29 heavy (non-hydrogen) atoms. The maximum absolute atomic E-state index is 4.44. The fraction of sp³-hybridized carbons (Fsp3) is 0.103. The van der Waals surface area contributed by atoms with Gasteiger partial charge >= 0.3 is 0 Å². The lowest BCUT2D eigenvalue weighted by molar-refractivity contribution is 1.19. The number of rotatable bonds is 9. The Morgan fingerprint density at radius 1 is 0.897 bits per heavy atom. The number of hydrogen-bond donors (Lipinski definition) is 0. The topological polar surface area (TPSA) is 0 Å². The van der Waals surface area contributed by atoms with Crippen LogP contribution in [0.4, 0.5) is 0 Å². The van der Waals surface area contributed by atoms with Crippen LogP contribution in [0.2, 0.25) is 0 Å². The Kier molecular flexibility index (Phi) is 7.74. The largest absolute Gasteiger partial charge is 0.0991 e. The minimum absolute atomic E-state index is 0.769. The molecule has 0 spiro atoms. The molecule has 0 N–H and O–H groups in total. The van der Waals surface area contributed by atoms with Crippen LogP contribution in [0.15, 0.2) is 99.2 Å². The maximum atomic E-state index is 4.44. The van der Waals surface area contributed by atoms with E-state index in [2.05, 4.69) is 83.2 Å². The first-order valence-corrected chi connectivity index (χ1v) is 9.73. The molecule has 146 valence electrons. The summed E-state index contributed by atoms with van der Waals surface area (Å²) >= 11 is 0. The van der Waals surface area contributed by atoms with Crippen LogP contribution in [-0.4, -0.2) is 0 Å². The van der Waals surface area contributed by atoms with E-state index >= 15 is 0 Å². The van der Waals surface area contributed by atoms with E-state index in [1.807, 2.05) is 24.3 Å². The van der Waals surface area contributed by atoms with Gasteiger partial charge < -0.3 is 0 Å². The Morgan fingerprint density at radius 2 is 1.62 bits per heavy atom. The van der Waals surface area contributed by atoms with E-state index in [4.69, 9.17) is 0 Å². The molecule has 0 aromatic heterocycles. The standard InChI is InChI=1S/C29H30/c1-8-11-13-21(4)15-26-19-27(14-12-9-2)23(6)29(20-26)24(7)28-17-22(5)16-25(10-3)18-28/h8-14,16-20H,1-4,7,15H2,5-6H3/b13-11-,14-12-. The molecule has 2 aromatic rings. The quantitative estimate of drug-likeness (QED) is 0.387. The minimum atomic E-state index is 0.769. The van der Waals surface area contributed by atoms with Gasteiger partial charge in [-0.1, -0.05) is 105 Å². The molecule has 0 aliphatic heterocycles. The average molecular weight is 379 g/mol. The lowest BCUT2D eigenvalue weighted by atomic mass is 9.88. The van der Waals surface area contributed by atoms with E-state index in [1.54, 1.807) is 12.2 Å². The smallest absolute Gasteiger partial charge is 0.00312 e. The molecule has 0 fully saturated rings. The van der Waals surface area contributed by atoms with Gasteiger partial charge in [-0.2, -0.15) is 0 Å². The molecule has 0 heteroatoms. The highest BCUT2D eigenvalue weighted by molar-refractivity contribution is 5.83. The van der Waals surface area contributed by atoms with E-state index < -0.39 is 0 Å². The van der Waals surface area contributed by atoms with E-state index in [0.29, 0.717) is 0 Å². The molecule has 0 radical (unpaired) electrons. The molecule has 0 unspecified atom stereocenters. The van der Waals surface area contributed by atoms with Crippen molar-refractivity contribution in [3.8, 4) is 0 Å². The lowest BCUT2D eigenvalue weighted by Crippen LogP contribution is -1.98. The maximum Gasteiger partial charge on any atom is -0.00312 e. The highest BCUT2D eigenvalue weighted by Crippen LogP contribution is 2.30. The molecule has 0 atom stereocenters. The van der Waals surface area contributed by atoms with Crippen molar-refractivity contribution in [3.05, 3.63) is 138 Å². The van der Waals surface area contributed by atoms with Crippen LogP contribution in [0.1, 0.15) is 38.9 Å². The molecule has 0 bridgehead atoms. The minimum Gasteiger partial charge on any atom is -0.0991 e. The summed E-state index contributed by atoms with van der Waals surface area (Å²) in [5.41, 5.74) is 10.2. The van der Waals surface area contributed by atoms with Crippen LogP contribution in [0.3, 0.4) is 0 Å². The summed E-state index contributed by atoms with van der Waals surface area (Å²) in [4.78, 5) is 0. The first kappa shape index (κ1) is 21.9. The van der Waals surface area contributed by atoms with Crippen molar-refractivity contribution in [3.63, 3.8) is 0 Å². The van der Waals surface area contributed by atoms with Crippen LogP contribution in [-0.2, 0) is 6.42 Å². The van der Waals surface area contributed by atoms with Crippen molar-refractivity contribution >= 4 is 17.7 Å². The molecule has 2 aromatic carbocycles. The van der Waals surface area contributed by atoms with Crippen molar-refractivity contribution in [2.75, 3.05) is 0 Å². The van der Waals surface area contributed by atoms with E-state index in [-0.39, 0.29) is 0 Å². The second-order valence-corrected chi connectivity index (χ2v) is 7.20. The van der Waals surface area contributed by atoms with Gasteiger partial charge in [0.15, 0.2) is 0 Å². The molecule has 0 heterocycles. The van der Waals surface area contributed by atoms with Gasteiger partial charge in [0.25, 0.3) is 0 Å². The lowest BCUT2D eigenvalue weighted by Gasteiger charge is -2.16. The molecule has 0 aliphatic rings. The Bertz CT molecular complexity index is 1020. The Balaban J connectivity index is 2.58. The SMILES string of the molecule is C=C/C=C\C(=C)Cc1cc(/C=C\C=C)c(C)c(C(=C)c2cc(C)cc(C=C)c2)c1. The van der Waals surface area contributed by atoms with Crippen LogP contribution < -0.4 is 0 Å². The molecular weight excluding hydrogens is 348 g/mol. The third-order valence-corrected chi connectivity index (χ3v) is 4.83. The zero-order valence-corrected chi connectivity index (χ0v) is 17.7. The first-order valence-electron chi connectivity index (χ1n) is 9.73. The number of aryl methyl sites for hydroxylation is 1. The number of benzene rings is 2. The van der Waals surface area contributed by atoms with Crippen molar-refractivity contribution in [1.29, 1.82) is 0 Å². The molecule has 0 saturated heterocycles. The molecular formula is C29H30. The summed E-state index contributed by atoms with van der Waals surface area (Å²) in [6.45, 7) is 24.3. The van der Waals surface area contributed by atoms with Gasteiger partial charge in [0.1, 0.15) is 0 Å². The summed E-state index contributed by atoms with van der Waals surface area (Å²) in [6.07, 6.45) is 14.2. The third kappa shape index (κ3) is 5.80. The molecule has 2 rings (SSSR count). The summed E-state index contributed by atoms with van der Waals surface area (Å²) in [5.74, 6) is 0. The van der Waals surface area contributed by atoms with Gasteiger partial charge in [0, 0.05) is 0 Å². The first-order chi connectivity index (χ1) is 13.9. The normalized spacial score (nSPS) is 11.0. The monoisotopic (exact) mass is 378 g/mol. The number of allylic oxidation sites excluding steroid dienone is 6. The molecule has 0 saturated carbocycles. The summed E-state index contributed by atoms with van der Waals surface area (Å²) < 4.78 is 0. The highest BCUT2D eigenvalue weighted by atomic mass is 14.2. The highest BCUT2D eigenvalue weighted by Gasteiger charge is 2.12. The summed E-state index contributed by atoms with van der Waals surface area (Å²) in [6, 6.07) is 10.9. The van der Waals surface area contributed by atoms with E-state index in [0.717, 1.165) is 39.8 Å². The second kappa shape index (κ2) is 10.2. The molecule has 0 amide bonds. The van der Waals surface area contributed by atoms with Crippen molar-refractivity contribution in [1.82, 2.24) is 0 Å². The van der Waals surface area contributed by atoms with Crippen LogP contribution in [0, 0.1) is 13.8 Å². The van der Waals surface area contributed by atoms with Gasteiger partial charge in [0.2, 0.25) is 0 Å². The summed E-state index contributed by atoms with van der Waals surface area (Å²) in [5, 5.41) is 0. The van der Waals surface area contributed by atoms with Crippen molar-refractivity contribution < 1.29 is 0 Å². The van der Waals surface area contributed by atoms with Crippen LogP contribution >= 0.6 is 0 Å². The number of hydrogen-bond acceptors (Lipinski definition) is 0. The Hall–Kier alpha value is -3.38. The summed E-state index contributed by atoms with van der Waals surface area (Å²) in [7, 11) is 0. The second-order valence-electron chi connectivity index (χ2n) is 7.20. The van der Waals surface area contributed by atoms with Gasteiger partial charge in [-0.05, 0) is 70.9 Å². The van der Waals surface area contributed by atoms with Crippen LogP contribution in [0.25, 0.3) is 17.7 Å². The van der Waals surface area contributed by atoms with E-state index in [9.17, 15) is 0 Å². The molecule has 0 aliphatic carbocycles. The van der Waals surface area contributed by atoms with Crippen molar-refractivity contribution in [2.45, 2.75) is 20.3 Å². The van der Waals surface area contributed by atoms with E-state index in [1.165, 1.54) is 16.7 Å². The van der Waals surface area contributed by atoms with Crippen molar-refractivity contribution in [2.24, 2.45) is 0 Å². The Morgan fingerprint density at radius 3 is 2.28 bits per heavy atom. The fourth-order valence-corrected chi connectivity index (χ4v) is 3.34. The zero-order valence-electron chi connectivity index (χ0n) is 17.7. The fourth-order valence-electron chi connectivity index (χ4n) is 3.34. The average Bonchev–Trinajstić information content (AvgIpc) is 2.71. The third-order valence-electron chi connectivity index (χ3n) is 4.83. The predicted molar refractivity (Wildman–Crippen MR) is 132 cm³/mol. The predicted octanol–water partition coefficient (Wildman–Crippen LogP) is 8.05. The molecule has 0 nitrogen and oxygen atoms in total. The van der Waals surface area contributed by atoms with Gasteiger partial charge in [0.05, 0.1) is 0 Å².